The van der Waals surface area contributed by atoms with Crippen molar-refractivity contribution in [1.82, 2.24) is 14.4 Å². The average molecular weight is 486 g/mol. The van der Waals surface area contributed by atoms with E-state index >= 15 is 0 Å². The number of nitrogens with zero attached hydrogens (tertiary/aromatic N) is 3. The van der Waals surface area contributed by atoms with Crippen LogP contribution in [0.5, 0.6) is 0 Å². The van der Waals surface area contributed by atoms with Gasteiger partial charge in [-0.05, 0) is 37.1 Å². The first-order valence-corrected chi connectivity index (χ1v) is 12.3. The molecule has 2 aromatic carbocycles. The second-order valence-corrected chi connectivity index (χ2v) is 9.45. The SMILES string of the molecule is Cc1cccc(Cn2c(C(=O)N3CCN(C(=O)COCc4ccccc4)[C@H](C)C3)cc3ccoc32)c1. The van der Waals surface area contributed by atoms with Gasteiger partial charge in [0, 0.05) is 31.1 Å². The van der Waals surface area contributed by atoms with E-state index in [2.05, 4.69) is 25.1 Å². The van der Waals surface area contributed by atoms with E-state index < -0.39 is 0 Å². The van der Waals surface area contributed by atoms with Crippen molar-refractivity contribution in [2.24, 2.45) is 0 Å². The van der Waals surface area contributed by atoms with Gasteiger partial charge in [-0.2, -0.15) is 0 Å². The maximum Gasteiger partial charge on any atom is 0.270 e. The molecule has 186 valence electrons. The molecule has 0 unspecified atom stereocenters. The first-order chi connectivity index (χ1) is 17.5. The molecule has 2 aromatic heterocycles. The summed E-state index contributed by atoms with van der Waals surface area (Å²) in [6.45, 7) is 6.45. The summed E-state index contributed by atoms with van der Waals surface area (Å²) >= 11 is 0. The van der Waals surface area contributed by atoms with Crippen LogP contribution in [0.25, 0.3) is 11.1 Å². The smallest absolute Gasteiger partial charge is 0.270 e. The fourth-order valence-electron chi connectivity index (χ4n) is 4.89. The molecule has 1 atom stereocenters. The number of furan rings is 1. The molecule has 2 amide bonds. The Labute approximate surface area is 210 Å². The Morgan fingerprint density at radius 1 is 1.00 bits per heavy atom. The molecule has 1 aliphatic rings. The van der Waals surface area contributed by atoms with Gasteiger partial charge >= 0.3 is 0 Å². The summed E-state index contributed by atoms with van der Waals surface area (Å²) in [6, 6.07) is 21.8. The quantitative estimate of drug-likeness (QED) is 0.387. The Bertz CT molecular complexity index is 1360. The lowest BCUT2D eigenvalue weighted by Gasteiger charge is -2.39. The molecular formula is C29H31N3O4. The number of carbonyl (C=O) groups is 2. The zero-order chi connectivity index (χ0) is 25.1. The number of benzene rings is 2. The predicted molar refractivity (Wildman–Crippen MR) is 138 cm³/mol. The van der Waals surface area contributed by atoms with Gasteiger partial charge in [-0.15, -0.1) is 0 Å². The summed E-state index contributed by atoms with van der Waals surface area (Å²) in [4.78, 5) is 30.1. The van der Waals surface area contributed by atoms with Gasteiger partial charge in [0.2, 0.25) is 11.6 Å². The number of aryl methyl sites for hydroxylation is 1. The summed E-state index contributed by atoms with van der Waals surface area (Å²) in [5.41, 5.74) is 4.61. The van der Waals surface area contributed by atoms with Gasteiger partial charge in [0.05, 0.1) is 19.4 Å². The number of ether oxygens (including phenoxy) is 1. The third kappa shape index (κ3) is 5.06. The highest BCUT2D eigenvalue weighted by molar-refractivity contribution is 5.98. The summed E-state index contributed by atoms with van der Waals surface area (Å²) < 4.78 is 13.3. The maximum atomic E-state index is 13.6. The molecule has 0 N–H and O–H groups in total. The third-order valence-corrected chi connectivity index (χ3v) is 6.72. The van der Waals surface area contributed by atoms with Crippen LogP contribution in [0.15, 0.2) is 77.4 Å². The molecule has 0 aliphatic carbocycles. The summed E-state index contributed by atoms with van der Waals surface area (Å²) in [7, 11) is 0. The summed E-state index contributed by atoms with van der Waals surface area (Å²) in [6.07, 6.45) is 1.65. The van der Waals surface area contributed by atoms with Gasteiger partial charge in [0.1, 0.15) is 12.3 Å². The summed E-state index contributed by atoms with van der Waals surface area (Å²) in [5.74, 6) is -0.0980. The van der Waals surface area contributed by atoms with Crippen LogP contribution >= 0.6 is 0 Å². The highest BCUT2D eigenvalue weighted by atomic mass is 16.5. The molecule has 1 fully saturated rings. The van der Waals surface area contributed by atoms with Crippen LogP contribution in [0, 0.1) is 6.92 Å². The Morgan fingerprint density at radius 2 is 1.81 bits per heavy atom. The Balaban J connectivity index is 1.24. The van der Waals surface area contributed by atoms with Crippen LogP contribution in [0.4, 0.5) is 0 Å². The molecule has 0 bridgehead atoms. The zero-order valence-corrected chi connectivity index (χ0v) is 20.7. The average Bonchev–Trinajstić information content (AvgIpc) is 3.47. The number of aromatic nitrogens is 1. The van der Waals surface area contributed by atoms with Crippen LogP contribution in [-0.4, -0.2) is 58.5 Å². The van der Waals surface area contributed by atoms with Crippen LogP contribution in [0.1, 0.15) is 34.1 Å². The number of fused-ring (bicyclic) bond motifs is 1. The minimum absolute atomic E-state index is 0.0307. The van der Waals surface area contributed by atoms with E-state index in [1.54, 1.807) is 6.26 Å². The van der Waals surface area contributed by atoms with Gasteiger partial charge in [0.15, 0.2) is 0 Å². The monoisotopic (exact) mass is 485 g/mol. The molecule has 0 radical (unpaired) electrons. The van der Waals surface area contributed by atoms with E-state index in [4.69, 9.17) is 9.15 Å². The van der Waals surface area contributed by atoms with Crippen LogP contribution in [0.2, 0.25) is 0 Å². The minimum Gasteiger partial charge on any atom is -0.448 e. The van der Waals surface area contributed by atoms with E-state index in [0.717, 1.165) is 16.5 Å². The largest absolute Gasteiger partial charge is 0.448 e. The van der Waals surface area contributed by atoms with E-state index in [-0.39, 0.29) is 24.5 Å². The van der Waals surface area contributed by atoms with Crippen molar-refractivity contribution in [3.8, 4) is 0 Å². The van der Waals surface area contributed by atoms with Crippen molar-refractivity contribution in [3.05, 3.63) is 95.4 Å². The molecule has 4 aromatic rings. The minimum atomic E-state index is -0.0984. The van der Waals surface area contributed by atoms with E-state index in [0.29, 0.717) is 44.2 Å². The fraction of sp³-hybridized carbons (Fsp3) is 0.310. The first-order valence-electron chi connectivity index (χ1n) is 12.3. The van der Waals surface area contributed by atoms with Crippen molar-refractivity contribution in [1.29, 1.82) is 0 Å². The number of piperazine rings is 1. The van der Waals surface area contributed by atoms with Crippen molar-refractivity contribution in [3.63, 3.8) is 0 Å². The Morgan fingerprint density at radius 3 is 2.58 bits per heavy atom. The number of carbonyl (C=O) groups excluding carboxylic acids is 2. The van der Waals surface area contributed by atoms with Gasteiger partial charge < -0.3 is 23.5 Å². The molecule has 1 aliphatic heterocycles. The maximum absolute atomic E-state index is 13.6. The molecule has 0 saturated carbocycles. The standard InChI is InChI=1S/C29H31N3O4/c1-21-7-6-10-24(15-21)18-32-26(16-25-11-14-36-29(25)32)28(34)30-12-13-31(22(2)17-30)27(33)20-35-19-23-8-4-3-5-9-23/h3-11,14-16,22H,12-13,17-20H2,1-2H3/t22-/m1/s1. The van der Waals surface area contributed by atoms with Crippen LogP contribution < -0.4 is 0 Å². The third-order valence-electron chi connectivity index (χ3n) is 6.72. The fourth-order valence-corrected chi connectivity index (χ4v) is 4.89. The normalized spacial score (nSPS) is 16.0. The molecule has 7 nitrogen and oxygen atoms in total. The molecule has 0 spiro atoms. The van der Waals surface area contributed by atoms with Crippen molar-refractivity contribution in [2.75, 3.05) is 26.2 Å². The van der Waals surface area contributed by atoms with Crippen molar-refractivity contribution < 1.29 is 18.7 Å². The molecule has 7 heteroatoms. The molecule has 5 rings (SSSR count). The lowest BCUT2D eigenvalue weighted by atomic mass is 10.1. The molecule has 3 heterocycles. The highest BCUT2D eigenvalue weighted by Crippen LogP contribution is 2.25. The Hall–Kier alpha value is -3.84. The zero-order valence-electron chi connectivity index (χ0n) is 20.7. The van der Waals surface area contributed by atoms with Crippen molar-refractivity contribution in [2.45, 2.75) is 33.0 Å². The lowest BCUT2D eigenvalue weighted by molar-refractivity contribution is -0.140. The molecule has 36 heavy (non-hydrogen) atoms. The number of hydrogen-bond acceptors (Lipinski definition) is 4. The molecular weight excluding hydrogens is 454 g/mol. The molecule has 1 saturated heterocycles. The topological polar surface area (TPSA) is 67.9 Å². The van der Waals surface area contributed by atoms with Crippen LogP contribution in [-0.2, 0) is 22.7 Å². The van der Waals surface area contributed by atoms with Gasteiger partial charge in [-0.3, -0.25) is 9.59 Å². The second kappa shape index (κ2) is 10.4. The Kier molecular flexibility index (Phi) is 6.91. The second-order valence-electron chi connectivity index (χ2n) is 9.45. The van der Waals surface area contributed by atoms with Gasteiger partial charge in [0.25, 0.3) is 5.91 Å². The van der Waals surface area contributed by atoms with Crippen LogP contribution in [0.3, 0.4) is 0 Å². The van der Waals surface area contributed by atoms with E-state index in [1.807, 2.05) is 69.8 Å². The number of hydrogen-bond donors (Lipinski definition) is 0. The van der Waals surface area contributed by atoms with E-state index in [9.17, 15) is 9.59 Å². The van der Waals surface area contributed by atoms with Crippen molar-refractivity contribution >= 4 is 22.9 Å². The van der Waals surface area contributed by atoms with Gasteiger partial charge in [-0.1, -0.05) is 60.2 Å². The number of amides is 2. The van der Waals surface area contributed by atoms with Gasteiger partial charge in [-0.25, -0.2) is 0 Å². The lowest BCUT2D eigenvalue weighted by Crippen LogP contribution is -2.56. The van der Waals surface area contributed by atoms with E-state index in [1.165, 1.54) is 5.56 Å². The highest BCUT2D eigenvalue weighted by Gasteiger charge is 2.32. The predicted octanol–water partition coefficient (Wildman–Crippen LogP) is 4.48. The summed E-state index contributed by atoms with van der Waals surface area (Å²) in [5, 5.41) is 0.906. The number of rotatable bonds is 7. The first kappa shape index (κ1) is 23.9.